The van der Waals surface area contributed by atoms with Gasteiger partial charge in [-0.2, -0.15) is 0 Å². The van der Waals surface area contributed by atoms with Gasteiger partial charge in [0.15, 0.2) is 12.4 Å². The molecule has 14 heavy (non-hydrogen) atoms. The van der Waals surface area contributed by atoms with Crippen molar-refractivity contribution >= 4 is 6.09 Å². The molecule has 2 aliphatic heterocycles. The van der Waals surface area contributed by atoms with E-state index in [4.69, 9.17) is 14.6 Å². The molecule has 1 amide bonds. The van der Waals surface area contributed by atoms with E-state index < -0.39 is 43.3 Å². The predicted molar refractivity (Wildman–Crippen MR) is 41.2 cm³/mol. The maximum Gasteiger partial charge on any atom is 0.408 e. The zero-order chi connectivity index (χ0) is 10.3. The lowest BCUT2D eigenvalue weighted by atomic mass is 9.98. The number of ether oxygens (including phenoxy) is 2. The van der Waals surface area contributed by atoms with Gasteiger partial charge < -0.3 is 30.1 Å². The summed E-state index contributed by atoms with van der Waals surface area (Å²) in [6.45, 7) is -0.445. The summed E-state index contributed by atoms with van der Waals surface area (Å²) in [7, 11) is 0. The molecular weight excluding hydrogens is 194 g/mol. The normalized spacial score (nSPS) is 46.8. The van der Waals surface area contributed by atoms with Crippen molar-refractivity contribution in [2.45, 2.75) is 30.6 Å². The zero-order valence-corrected chi connectivity index (χ0v) is 7.16. The van der Waals surface area contributed by atoms with Crippen molar-refractivity contribution < 1.29 is 29.6 Å². The summed E-state index contributed by atoms with van der Waals surface area (Å²) in [6, 6.07) is -0.778. The van der Waals surface area contributed by atoms with Crippen molar-refractivity contribution in [1.29, 1.82) is 0 Å². The fraction of sp³-hybridized carbons (Fsp3) is 0.857. The molecular formula is C7H11NO6. The first-order valence-corrected chi connectivity index (χ1v) is 4.23. The number of hydrogen-bond donors (Lipinski definition) is 4. The van der Waals surface area contributed by atoms with Gasteiger partial charge in [-0.25, -0.2) is 4.79 Å². The van der Waals surface area contributed by atoms with Crippen LogP contribution >= 0.6 is 0 Å². The van der Waals surface area contributed by atoms with Crippen molar-refractivity contribution in [3.05, 3.63) is 0 Å². The quantitative estimate of drug-likeness (QED) is 0.378. The monoisotopic (exact) mass is 205 g/mol. The van der Waals surface area contributed by atoms with Gasteiger partial charge in [0.2, 0.25) is 0 Å². The molecule has 0 aromatic carbocycles. The van der Waals surface area contributed by atoms with Gasteiger partial charge in [-0.1, -0.05) is 0 Å². The van der Waals surface area contributed by atoms with Crippen molar-refractivity contribution in [2.24, 2.45) is 0 Å². The van der Waals surface area contributed by atoms with Crippen LogP contribution in [-0.2, 0) is 9.47 Å². The van der Waals surface area contributed by atoms with Crippen molar-refractivity contribution in [1.82, 2.24) is 5.32 Å². The highest BCUT2D eigenvalue weighted by Crippen LogP contribution is 2.25. The van der Waals surface area contributed by atoms with Crippen LogP contribution < -0.4 is 5.32 Å². The van der Waals surface area contributed by atoms with Gasteiger partial charge in [-0.3, -0.25) is 0 Å². The molecule has 4 N–H and O–H groups in total. The Hall–Kier alpha value is -0.890. The predicted octanol–water partition coefficient (Wildman–Crippen LogP) is -2.47. The van der Waals surface area contributed by atoms with Crippen molar-refractivity contribution in [3.8, 4) is 0 Å². The van der Waals surface area contributed by atoms with E-state index in [2.05, 4.69) is 5.32 Å². The maximum absolute atomic E-state index is 10.8. The Morgan fingerprint density at radius 1 is 1.43 bits per heavy atom. The first kappa shape index (κ1) is 9.66. The summed E-state index contributed by atoms with van der Waals surface area (Å²) in [5.41, 5.74) is 0. The second kappa shape index (κ2) is 3.35. The Morgan fingerprint density at radius 2 is 2.14 bits per heavy atom. The van der Waals surface area contributed by atoms with Crippen LogP contribution in [0.1, 0.15) is 0 Å². The van der Waals surface area contributed by atoms with Gasteiger partial charge in [-0.05, 0) is 0 Å². The molecule has 2 fully saturated rings. The number of alkyl carbamates (subject to hydrolysis) is 1. The number of nitrogens with one attached hydrogen (secondary N) is 1. The van der Waals surface area contributed by atoms with Crippen LogP contribution in [0.4, 0.5) is 4.79 Å². The van der Waals surface area contributed by atoms with Crippen LogP contribution in [0.3, 0.4) is 0 Å². The standard InChI is InChI=1S/C7H11NO6/c9-1-2-4(10)5-3(6(11)13-2)8-7(12)14-5/h2-6,9-11H,1H2,(H,8,12)/t2-,3-,4+,5-,6-/m1/s1. The largest absolute Gasteiger partial charge is 0.441 e. The van der Waals surface area contributed by atoms with Gasteiger partial charge in [0.05, 0.1) is 6.61 Å². The van der Waals surface area contributed by atoms with E-state index in [-0.39, 0.29) is 0 Å². The van der Waals surface area contributed by atoms with Crippen LogP contribution in [-0.4, -0.2) is 58.7 Å². The average molecular weight is 205 g/mol. The van der Waals surface area contributed by atoms with Crippen LogP contribution in [0.15, 0.2) is 0 Å². The number of hydrogen-bond acceptors (Lipinski definition) is 6. The fourth-order valence-electron chi connectivity index (χ4n) is 1.67. The highest BCUT2D eigenvalue weighted by atomic mass is 16.6. The molecule has 2 rings (SSSR count). The molecule has 0 saturated carbocycles. The molecule has 5 atom stereocenters. The van der Waals surface area contributed by atoms with Crippen LogP contribution in [0, 0.1) is 0 Å². The lowest BCUT2D eigenvalue weighted by Gasteiger charge is -2.36. The number of aliphatic hydroxyl groups is 3. The number of rotatable bonds is 1. The Bertz CT molecular complexity index is 246. The smallest absolute Gasteiger partial charge is 0.408 e. The van der Waals surface area contributed by atoms with E-state index in [9.17, 15) is 15.0 Å². The highest BCUT2D eigenvalue weighted by Gasteiger charge is 2.51. The van der Waals surface area contributed by atoms with E-state index in [1.54, 1.807) is 0 Å². The third-order valence-corrected chi connectivity index (χ3v) is 2.40. The summed E-state index contributed by atoms with van der Waals surface area (Å²) in [4.78, 5) is 10.8. The molecule has 0 bridgehead atoms. The van der Waals surface area contributed by atoms with E-state index in [0.717, 1.165) is 0 Å². The number of carbonyl (C=O) groups is 1. The van der Waals surface area contributed by atoms with E-state index in [0.29, 0.717) is 0 Å². The summed E-state index contributed by atoms with van der Waals surface area (Å²) in [5.74, 6) is 0. The minimum Gasteiger partial charge on any atom is -0.441 e. The average Bonchev–Trinajstić information content (AvgIpc) is 2.54. The minimum absolute atomic E-state index is 0.445. The second-order valence-electron chi connectivity index (χ2n) is 3.28. The van der Waals surface area contributed by atoms with Crippen LogP contribution in [0.2, 0.25) is 0 Å². The Labute approximate surface area is 79.2 Å². The first-order chi connectivity index (χ1) is 6.63. The van der Waals surface area contributed by atoms with Crippen molar-refractivity contribution in [3.63, 3.8) is 0 Å². The van der Waals surface area contributed by atoms with E-state index in [1.165, 1.54) is 0 Å². The van der Waals surface area contributed by atoms with Crippen LogP contribution in [0.25, 0.3) is 0 Å². The summed E-state index contributed by atoms with van der Waals surface area (Å²) >= 11 is 0. The summed E-state index contributed by atoms with van der Waals surface area (Å²) in [5, 5.41) is 30.0. The highest BCUT2D eigenvalue weighted by molar-refractivity contribution is 5.70. The zero-order valence-electron chi connectivity index (χ0n) is 7.16. The Morgan fingerprint density at radius 3 is 2.79 bits per heavy atom. The van der Waals surface area contributed by atoms with E-state index >= 15 is 0 Å². The lowest BCUT2D eigenvalue weighted by Crippen LogP contribution is -2.59. The number of fused-ring (bicyclic) bond motifs is 1. The third kappa shape index (κ3) is 1.34. The molecule has 7 heteroatoms. The molecule has 2 saturated heterocycles. The molecule has 80 valence electrons. The molecule has 2 aliphatic rings. The molecule has 0 spiro atoms. The SMILES string of the molecule is O=C1N[C@@H]2[C@@H](O1)[C@@H](O)[C@@H](CO)O[C@H]2O. The Balaban J connectivity index is 2.15. The Kier molecular flexibility index (Phi) is 2.31. The molecule has 2 heterocycles. The van der Waals surface area contributed by atoms with Gasteiger partial charge in [0.25, 0.3) is 0 Å². The topological polar surface area (TPSA) is 108 Å². The lowest BCUT2D eigenvalue weighted by molar-refractivity contribution is -0.240. The van der Waals surface area contributed by atoms with Crippen LogP contribution in [0.5, 0.6) is 0 Å². The van der Waals surface area contributed by atoms with Gasteiger partial charge in [0.1, 0.15) is 18.2 Å². The van der Waals surface area contributed by atoms with E-state index in [1.807, 2.05) is 0 Å². The number of aliphatic hydroxyl groups excluding tert-OH is 3. The summed E-state index contributed by atoms with van der Waals surface area (Å²) < 4.78 is 9.60. The second-order valence-corrected chi connectivity index (χ2v) is 3.28. The molecule has 0 unspecified atom stereocenters. The van der Waals surface area contributed by atoms with Gasteiger partial charge >= 0.3 is 6.09 Å². The van der Waals surface area contributed by atoms with Crippen molar-refractivity contribution in [2.75, 3.05) is 6.61 Å². The van der Waals surface area contributed by atoms with Gasteiger partial charge in [-0.15, -0.1) is 0 Å². The minimum atomic E-state index is -1.27. The molecule has 0 aliphatic carbocycles. The molecule has 0 aromatic rings. The summed E-state index contributed by atoms with van der Waals surface area (Å²) in [6.07, 6.45) is -4.91. The first-order valence-electron chi connectivity index (χ1n) is 4.23. The number of carbonyl (C=O) groups excluding carboxylic acids is 1. The molecule has 0 radical (unpaired) electrons. The fourth-order valence-corrected chi connectivity index (χ4v) is 1.67. The molecule has 7 nitrogen and oxygen atoms in total. The van der Waals surface area contributed by atoms with Gasteiger partial charge in [0, 0.05) is 0 Å². The maximum atomic E-state index is 10.8. The number of amides is 1. The third-order valence-electron chi connectivity index (χ3n) is 2.40. The molecule has 0 aromatic heterocycles.